The van der Waals surface area contributed by atoms with Crippen molar-refractivity contribution in [2.75, 3.05) is 13.7 Å². The second-order valence-electron chi connectivity index (χ2n) is 7.44. The van der Waals surface area contributed by atoms with Crippen LogP contribution in [0.1, 0.15) is 58.0 Å². The van der Waals surface area contributed by atoms with Crippen LogP contribution in [0.15, 0.2) is 24.3 Å². The minimum absolute atomic E-state index is 0.149. The lowest BCUT2D eigenvalue weighted by atomic mass is 10.1. The van der Waals surface area contributed by atoms with Gasteiger partial charge >= 0.3 is 0 Å². The van der Waals surface area contributed by atoms with Gasteiger partial charge < -0.3 is 19.9 Å². The summed E-state index contributed by atoms with van der Waals surface area (Å²) in [5.74, 6) is 0.777. The number of nitrogens with one attached hydrogen (secondary N) is 2. The lowest BCUT2D eigenvalue weighted by Crippen LogP contribution is -2.29. The normalized spacial score (nSPS) is 15.6. The monoisotopic (exact) mass is 382 g/mol. The Bertz CT molecular complexity index is 886. The van der Waals surface area contributed by atoms with E-state index in [4.69, 9.17) is 4.74 Å². The lowest BCUT2D eigenvalue weighted by molar-refractivity contribution is 0.0938. The highest BCUT2D eigenvalue weighted by Crippen LogP contribution is 2.23. The van der Waals surface area contributed by atoms with Gasteiger partial charge in [0.05, 0.1) is 12.8 Å². The Hall–Kier alpha value is -2.83. The average molecular weight is 382 g/mol. The maximum absolute atomic E-state index is 12.7. The van der Waals surface area contributed by atoms with Gasteiger partial charge in [0.25, 0.3) is 11.8 Å². The number of aromatic nitrogens is 2. The van der Waals surface area contributed by atoms with Crippen LogP contribution in [0.2, 0.25) is 0 Å². The molecule has 0 spiro atoms. The maximum Gasteiger partial charge on any atom is 0.287 e. The Morgan fingerprint density at radius 1 is 1.25 bits per heavy atom. The van der Waals surface area contributed by atoms with E-state index in [1.165, 1.54) is 0 Å². The molecule has 0 bridgehead atoms. The van der Waals surface area contributed by atoms with Crippen molar-refractivity contribution in [1.29, 1.82) is 0 Å². The standard InChI is InChI=1S/C21H26N4O3/c1-28-16-6-4-5-14(13-16)10-11-22-21(27)19-24-18(20(26)23-15-8-9-15)17-7-2-3-12-25(17)19/h4-6,13,15H,2-3,7-12H2,1H3,(H,22,27)(H,23,26). The quantitative estimate of drug-likeness (QED) is 0.768. The van der Waals surface area contributed by atoms with Crippen molar-refractivity contribution < 1.29 is 14.3 Å². The molecule has 2 aromatic rings. The zero-order valence-corrected chi connectivity index (χ0v) is 16.2. The fourth-order valence-electron chi connectivity index (χ4n) is 3.61. The van der Waals surface area contributed by atoms with Gasteiger partial charge in [0, 0.05) is 19.1 Å². The van der Waals surface area contributed by atoms with Crippen molar-refractivity contribution >= 4 is 11.8 Å². The SMILES string of the molecule is COc1cccc(CCNC(=O)c2nc(C(=O)NC3CC3)c3n2CCCC3)c1. The van der Waals surface area contributed by atoms with Crippen LogP contribution in [-0.2, 0) is 19.4 Å². The first kappa shape index (κ1) is 18.5. The van der Waals surface area contributed by atoms with Gasteiger partial charge in [-0.25, -0.2) is 4.98 Å². The third-order valence-electron chi connectivity index (χ3n) is 5.28. The Kier molecular flexibility index (Phi) is 5.32. The summed E-state index contributed by atoms with van der Waals surface area (Å²) < 4.78 is 7.16. The zero-order valence-electron chi connectivity index (χ0n) is 16.2. The summed E-state index contributed by atoms with van der Waals surface area (Å²) in [7, 11) is 1.64. The van der Waals surface area contributed by atoms with Crippen molar-refractivity contribution in [3.05, 3.63) is 47.0 Å². The van der Waals surface area contributed by atoms with Crippen LogP contribution in [0, 0.1) is 0 Å². The molecule has 1 fully saturated rings. The van der Waals surface area contributed by atoms with Gasteiger partial charge in [-0.15, -0.1) is 0 Å². The molecule has 1 aromatic heterocycles. The third-order valence-corrected chi connectivity index (χ3v) is 5.28. The molecule has 148 valence electrons. The van der Waals surface area contributed by atoms with E-state index in [0.717, 1.165) is 55.7 Å². The number of rotatable bonds is 7. The van der Waals surface area contributed by atoms with Crippen LogP contribution in [0.3, 0.4) is 0 Å². The fraction of sp³-hybridized carbons (Fsp3) is 0.476. The molecule has 7 nitrogen and oxygen atoms in total. The molecule has 1 aromatic carbocycles. The summed E-state index contributed by atoms with van der Waals surface area (Å²) in [5.41, 5.74) is 2.40. The number of carbonyl (C=O) groups excluding carboxylic acids is 2. The molecule has 1 aliphatic carbocycles. The molecule has 2 N–H and O–H groups in total. The molecule has 2 heterocycles. The van der Waals surface area contributed by atoms with Gasteiger partial charge in [-0.1, -0.05) is 12.1 Å². The van der Waals surface area contributed by atoms with Gasteiger partial charge in [0.1, 0.15) is 11.4 Å². The summed E-state index contributed by atoms with van der Waals surface area (Å²) in [6.45, 7) is 1.23. The number of amides is 2. The lowest BCUT2D eigenvalue weighted by Gasteiger charge is -2.17. The van der Waals surface area contributed by atoms with Crippen LogP contribution in [0.4, 0.5) is 0 Å². The number of imidazole rings is 1. The Balaban J connectivity index is 1.44. The van der Waals surface area contributed by atoms with Crippen molar-refractivity contribution in [3.8, 4) is 5.75 Å². The topological polar surface area (TPSA) is 85.2 Å². The van der Waals surface area contributed by atoms with E-state index in [0.29, 0.717) is 24.5 Å². The summed E-state index contributed by atoms with van der Waals surface area (Å²) in [5, 5.41) is 5.94. The van der Waals surface area contributed by atoms with Gasteiger partial charge in [-0.05, 0) is 56.2 Å². The van der Waals surface area contributed by atoms with Crippen LogP contribution in [0.25, 0.3) is 0 Å². The molecule has 0 radical (unpaired) electrons. The number of carbonyl (C=O) groups is 2. The predicted octanol–water partition coefficient (Wildman–Crippen LogP) is 2.09. The van der Waals surface area contributed by atoms with E-state index < -0.39 is 0 Å². The number of ether oxygens (including phenoxy) is 1. The summed E-state index contributed by atoms with van der Waals surface area (Å²) in [6, 6.07) is 8.07. The molecule has 2 aliphatic rings. The molecule has 0 unspecified atom stereocenters. The minimum Gasteiger partial charge on any atom is -0.497 e. The average Bonchev–Trinajstić information content (AvgIpc) is 3.44. The highest BCUT2D eigenvalue weighted by Gasteiger charge is 2.30. The van der Waals surface area contributed by atoms with Crippen LogP contribution < -0.4 is 15.4 Å². The molecular formula is C21H26N4O3. The first-order chi connectivity index (χ1) is 13.7. The Labute approximate surface area is 164 Å². The summed E-state index contributed by atoms with van der Waals surface area (Å²) in [4.78, 5) is 29.7. The molecule has 0 atom stereocenters. The summed E-state index contributed by atoms with van der Waals surface area (Å²) >= 11 is 0. The van der Waals surface area contributed by atoms with Crippen molar-refractivity contribution in [3.63, 3.8) is 0 Å². The molecule has 4 rings (SSSR count). The van der Waals surface area contributed by atoms with E-state index in [1.54, 1.807) is 7.11 Å². The van der Waals surface area contributed by atoms with E-state index in [-0.39, 0.29) is 17.9 Å². The van der Waals surface area contributed by atoms with Gasteiger partial charge in [-0.2, -0.15) is 0 Å². The first-order valence-electron chi connectivity index (χ1n) is 9.97. The number of hydrogen-bond acceptors (Lipinski definition) is 4. The van der Waals surface area contributed by atoms with E-state index in [9.17, 15) is 9.59 Å². The molecule has 2 amide bonds. The molecule has 0 saturated heterocycles. The molecule has 1 aliphatic heterocycles. The zero-order chi connectivity index (χ0) is 19.5. The second kappa shape index (κ2) is 8.04. The smallest absolute Gasteiger partial charge is 0.287 e. The maximum atomic E-state index is 12.7. The predicted molar refractivity (Wildman–Crippen MR) is 105 cm³/mol. The van der Waals surface area contributed by atoms with Crippen molar-refractivity contribution in [2.24, 2.45) is 0 Å². The number of benzene rings is 1. The van der Waals surface area contributed by atoms with Gasteiger partial charge in [0.2, 0.25) is 0 Å². The first-order valence-corrected chi connectivity index (χ1v) is 9.97. The number of methoxy groups -OCH3 is 1. The van der Waals surface area contributed by atoms with Crippen LogP contribution >= 0.6 is 0 Å². The minimum atomic E-state index is -0.225. The Morgan fingerprint density at radius 3 is 2.89 bits per heavy atom. The van der Waals surface area contributed by atoms with Gasteiger partial charge in [-0.3, -0.25) is 9.59 Å². The second-order valence-corrected chi connectivity index (χ2v) is 7.44. The third kappa shape index (κ3) is 4.03. The van der Waals surface area contributed by atoms with Gasteiger partial charge in [0.15, 0.2) is 5.82 Å². The van der Waals surface area contributed by atoms with E-state index >= 15 is 0 Å². The summed E-state index contributed by atoms with van der Waals surface area (Å²) in [6.07, 6.45) is 5.56. The van der Waals surface area contributed by atoms with Crippen LogP contribution in [-0.4, -0.2) is 41.1 Å². The van der Waals surface area contributed by atoms with E-state index in [1.807, 2.05) is 28.8 Å². The Morgan fingerprint density at radius 2 is 2.11 bits per heavy atom. The molecule has 1 saturated carbocycles. The van der Waals surface area contributed by atoms with E-state index in [2.05, 4.69) is 15.6 Å². The largest absolute Gasteiger partial charge is 0.497 e. The fourth-order valence-corrected chi connectivity index (χ4v) is 3.61. The van der Waals surface area contributed by atoms with Crippen LogP contribution in [0.5, 0.6) is 5.75 Å². The molecular weight excluding hydrogens is 356 g/mol. The molecule has 7 heteroatoms. The molecule has 28 heavy (non-hydrogen) atoms. The number of nitrogens with zero attached hydrogens (tertiary/aromatic N) is 2. The van der Waals surface area contributed by atoms with Crippen molar-refractivity contribution in [2.45, 2.75) is 51.1 Å². The number of hydrogen-bond donors (Lipinski definition) is 2. The number of fused-ring (bicyclic) bond motifs is 1. The highest BCUT2D eigenvalue weighted by molar-refractivity contribution is 5.97. The van der Waals surface area contributed by atoms with Crippen molar-refractivity contribution in [1.82, 2.24) is 20.2 Å². The highest BCUT2D eigenvalue weighted by atomic mass is 16.5.